The molecule has 1 atom stereocenters. The van der Waals surface area contributed by atoms with E-state index in [0.29, 0.717) is 12.1 Å². The van der Waals surface area contributed by atoms with Gasteiger partial charge in [0.15, 0.2) is 11.6 Å². The molecule has 4 rings (SSSR count). The molecule has 1 aromatic carbocycles. The molecule has 7 nitrogen and oxygen atoms in total. The van der Waals surface area contributed by atoms with Gasteiger partial charge in [-0.3, -0.25) is 4.79 Å². The zero-order chi connectivity index (χ0) is 21.1. The van der Waals surface area contributed by atoms with E-state index in [1.54, 1.807) is 4.57 Å². The Labute approximate surface area is 180 Å². The van der Waals surface area contributed by atoms with Gasteiger partial charge in [0.25, 0.3) is 0 Å². The molecule has 1 saturated heterocycles. The summed E-state index contributed by atoms with van der Waals surface area (Å²) in [4.78, 5) is 26.2. The van der Waals surface area contributed by atoms with E-state index < -0.39 is 23.4 Å². The number of pyridine rings is 1. The highest BCUT2D eigenvalue weighted by atomic mass is 35.5. The fourth-order valence-corrected chi connectivity index (χ4v) is 4.36. The number of nitrogens with zero attached hydrogens (tertiary/aromatic N) is 2. The van der Waals surface area contributed by atoms with Crippen LogP contribution in [0.4, 0.5) is 10.1 Å². The first-order chi connectivity index (χ1) is 13.7. The molecule has 2 aromatic rings. The first-order valence-corrected chi connectivity index (χ1v) is 9.88. The third-order valence-corrected chi connectivity index (χ3v) is 6.22. The van der Waals surface area contributed by atoms with Crippen LogP contribution in [0.3, 0.4) is 0 Å². The summed E-state index contributed by atoms with van der Waals surface area (Å²) in [6, 6.07) is 1.20. The van der Waals surface area contributed by atoms with Gasteiger partial charge in [-0.2, -0.15) is 0 Å². The molecule has 3 N–H and O–H groups in total. The van der Waals surface area contributed by atoms with E-state index >= 15 is 4.39 Å². The highest BCUT2D eigenvalue weighted by molar-refractivity contribution is 5.97. The van der Waals surface area contributed by atoms with Crippen LogP contribution in [-0.4, -0.2) is 35.5 Å². The molecule has 0 radical (unpaired) electrons. The van der Waals surface area contributed by atoms with Crippen molar-refractivity contribution in [3.8, 4) is 5.75 Å². The van der Waals surface area contributed by atoms with Crippen molar-refractivity contribution in [1.82, 2.24) is 4.57 Å². The molecule has 9 heteroatoms. The minimum absolute atomic E-state index is 0. The Bertz CT molecular complexity index is 1060. The van der Waals surface area contributed by atoms with Crippen LogP contribution >= 0.6 is 12.4 Å². The van der Waals surface area contributed by atoms with Crippen molar-refractivity contribution in [2.24, 2.45) is 11.1 Å². The maximum absolute atomic E-state index is 15.4. The van der Waals surface area contributed by atoms with Crippen molar-refractivity contribution in [1.29, 1.82) is 0 Å². The number of rotatable bonds is 4. The number of piperidine rings is 1. The van der Waals surface area contributed by atoms with Gasteiger partial charge < -0.3 is 25.0 Å². The lowest BCUT2D eigenvalue weighted by atomic mass is 9.80. The Hall–Kier alpha value is -2.32. The van der Waals surface area contributed by atoms with Gasteiger partial charge in [0.2, 0.25) is 5.43 Å². The molecule has 0 bridgehead atoms. The number of carbonyl (C=O) groups is 1. The molecule has 1 aliphatic carbocycles. The van der Waals surface area contributed by atoms with Gasteiger partial charge >= 0.3 is 5.97 Å². The molecule has 2 aliphatic rings. The fraction of sp³-hybridized carbons (Fsp3) is 0.524. The highest BCUT2D eigenvalue weighted by Crippen LogP contribution is 2.46. The van der Waals surface area contributed by atoms with Crippen molar-refractivity contribution < 1.29 is 19.0 Å². The average molecular weight is 440 g/mol. The van der Waals surface area contributed by atoms with Crippen LogP contribution < -0.4 is 20.8 Å². The first-order valence-electron chi connectivity index (χ1n) is 9.88. The van der Waals surface area contributed by atoms with Crippen LogP contribution in [0.2, 0.25) is 0 Å². The molecule has 164 valence electrons. The topological polar surface area (TPSA) is 97.8 Å². The van der Waals surface area contributed by atoms with Crippen molar-refractivity contribution in [3.05, 3.63) is 33.9 Å². The van der Waals surface area contributed by atoms with Crippen molar-refractivity contribution >= 4 is 35.0 Å². The smallest absolute Gasteiger partial charge is 0.341 e. The first kappa shape index (κ1) is 22.4. The van der Waals surface area contributed by atoms with E-state index in [1.807, 2.05) is 4.90 Å². The molecular weight excluding hydrogens is 413 g/mol. The average Bonchev–Trinajstić information content (AvgIpc) is 3.49. The summed E-state index contributed by atoms with van der Waals surface area (Å²) < 4.78 is 22.8. The predicted octanol–water partition coefficient (Wildman–Crippen LogP) is 3.52. The summed E-state index contributed by atoms with van der Waals surface area (Å²) in [5.74, 6) is -1.73. The molecular formula is C21H27ClFN3O4. The standard InChI is InChI=1S/C21H26FN3O4.ClH/c1-21(2)7-4-8-24(20(21)23)16-14(22)9-12-15(18(16)29-3)25(11-5-6-11)10-13(17(12)26)19(27)28;/h9-11,20H,4-8,23H2,1-3H3,(H,27,28);1H/t20-;/m0./s1. The second-order valence-corrected chi connectivity index (χ2v) is 8.68. The molecule has 2 heterocycles. The highest BCUT2D eigenvalue weighted by Gasteiger charge is 2.39. The van der Waals surface area contributed by atoms with Gasteiger partial charge in [-0.1, -0.05) is 13.8 Å². The molecule has 1 saturated carbocycles. The number of hydrogen-bond donors (Lipinski definition) is 2. The molecule has 30 heavy (non-hydrogen) atoms. The Morgan fingerprint density at radius 3 is 2.60 bits per heavy atom. The quantitative estimate of drug-likeness (QED) is 0.756. The number of carboxylic acids is 1. The van der Waals surface area contributed by atoms with Gasteiger partial charge in [0, 0.05) is 18.8 Å². The van der Waals surface area contributed by atoms with E-state index in [1.165, 1.54) is 13.3 Å². The van der Waals surface area contributed by atoms with E-state index in [-0.39, 0.29) is 46.3 Å². The minimum Gasteiger partial charge on any atom is -0.492 e. The summed E-state index contributed by atoms with van der Waals surface area (Å²) in [6.45, 7) is 4.67. The van der Waals surface area contributed by atoms with Crippen LogP contribution in [-0.2, 0) is 0 Å². The third-order valence-electron chi connectivity index (χ3n) is 6.22. The number of carboxylic acid groups (broad SMARTS) is 1. The maximum atomic E-state index is 15.4. The van der Waals surface area contributed by atoms with Crippen molar-refractivity contribution in [2.75, 3.05) is 18.6 Å². The molecule has 0 spiro atoms. The summed E-state index contributed by atoms with van der Waals surface area (Å²) in [5, 5.41) is 9.45. The van der Waals surface area contributed by atoms with E-state index in [0.717, 1.165) is 31.7 Å². The van der Waals surface area contributed by atoms with Gasteiger partial charge in [-0.15, -0.1) is 12.4 Å². The number of hydrogen-bond acceptors (Lipinski definition) is 5. The van der Waals surface area contributed by atoms with Crippen LogP contribution in [0.1, 0.15) is 55.9 Å². The number of aromatic carboxylic acids is 1. The second-order valence-electron chi connectivity index (χ2n) is 8.68. The number of aromatic nitrogens is 1. The van der Waals surface area contributed by atoms with Crippen LogP contribution in [0.15, 0.2) is 17.1 Å². The number of nitrogens with two attached hydrogens (primary N) is 1. The van der Waals surface area contributed by atoms with Crippen LogP contribution in [0.5, 0.6) is 5.75 Å². The SMILES string of the molecule is COc1c(N2CCCC(C)(C)[C@H]2N)c(F)cc2c(=O)c(C(=O)O)cn(C3CC3)c12.Cl. The van der Waals surface area contributed by atoms with Crippen LogP contribution in [0.25, 0.3) is 10.9 Å². The number of methoxy groups -OCH3 is 1. The Kier molecular flexibility index (Phi) is 5.77. The number of ether oxygens (including phenoxy) is 1. The molecule has 0 unspecified atom stereocenters. The van der Waals surface area contributed by atoms with Gasteiger partial charge in [-0.25, -0.2) is 9.18 Å². The van der Waals surface area contributed by atoms with E-state index in [2.05, 4.69) is 13.8 Å². The summed E-state index contributed by atoms with van der Waals surface area (Å²) in [5.41, 5.74) is 5.86. The van der Waals surface area contributed by atoms with Crippen LogP contribution in [0, 0.1) is 11.2 Å². The predicted molar refractivity (Wildman–Crippen MR) is 116 cm³/mol. The van der Waals surface area contributed by atoms with Gasteiger partial charge in [0.05, 0.1) is 24.2 Å². The number of benzene rings is 1. The zero-order valence-electron chi connectivity index (χ0n) is 17.3. The Morgan fingerprint density at radius 1 is 1.37 bits per heavy atom. The monoisotopic (exact) mass is 439 g/mol. The molecule has 2 fully saturated rings. The number of fused-ring (bicyclic) bond motifs is 1. The fourth-order valence-electron chi connectivity index (χ4n) is 4.36. The van der Waals surface area contributed by atoms with Crippen molar-refractivity contribution in [3.63, 3.8) is 0 Å². The zero-order valence-corrected chi connectivity index (χ0v) is 18.1. The maximum Gasteiger partial charge on any atom is 0.341 e. The lowest BCUT2D eigenvalue weighted by molar-refractivity contribution is 0.0695. The summed E-state index contributed by atoms with van der Waals surface area (Å²) in [7, 11) is 1.44. The minimum atomic E-state index is -1.32. The van der Waals surface area contributed by atoms with Gasteiger partial charge in [0.1, 0.15) is 11.3 Å². The Morgan fingerprint density at radius 2 is 2.03 bits per heavy atom. The molecule has 1 aliphatic heterocycles. The lowest BCUT2D eigenvalue weighted by Crippen LogP contribution is -2.55. The number of anilines is 1. The molecule has 1 aromatic heterocycles. The Balaban J connectivity index is 0.00000256. The summed E-state index contributed by atoms with van der Waals surface area (Å²) >= 11 is 0. The third kappa shape index (κ3) is 3.41. The molecule has 0 amide bonds. The van der Waals surface area contributed by atoms with E-state index in [4.69, 9.17) is 10.5 Å². The van der Waals surface area contributed by atoms with Crippen molar-refractivity contribution in [2.45, 2.75) is 51.7 Å². The normalized spacial score (nSPS) is 20.7. The number of halogens is 2. The second kappa shape index (κ2) is 7.74. The summed E-state index contributed by atoms with van der Waals surface area (Å²) in [6.07, 6.45) is 4.45. The largest absolute Gasteiger partial charge is 0.492 e. The van der Waals surface area contributed by atoms with Gasteiger partial charge in [-0.05, 0) is 37.2 Å². The van der Waals surface area contributed by atoms with E-state index in [9.17, 15) is 14.7 Å². The lowest BCUT2D eigenvalue weighted by Gasteiger charge is -2.46.